The van der Waals surface area contributed by atoms with E-state index in [0.29, 0.717) is 6.54 Å². The molecule has 3 nitrogen and oxygen atoms in total. The Labute approximate surface area is 104 Å². The molecule has 0 fully saturated rings. The standard InChI is InChI=1S/C12H15BrN2O/c1-3-7-14-8-12(16)15-11-6-4-5-10(13)9(11)2/h3-6,14H,1,7-8H2,2H3,(H,15,16). The van der Waals surface area contributed by atoms with Gasteiger partial charge in [0.2, 0.25) is 5.91 Å². The second-order valence-corrected chi connectivity index (χ2v) is 4.23. The van der Waals surface area contributed by atoms with E-state index in [9.17, 15) is 4.79 Å². The molecule has 0 aliphatic heterocycles. The van der Waals surface area contributed by atoms with Gasteiger partial charge in [-0.2, -0.15) is 0 Å². The minimum absolute atomic E-state index is 0.0527. The summed E-state index contributed by atoms with van der Waals surface area (Å²) in [5.74, 6) is -0.0527. The molecule has 0 spiro atoms. The molecule has 1 amide bonds. The summed E-state index contributed by atoms with van der Waals surface area (Å²) in [6.45, 7) is 6.44. The summed E-state index contributed by atoms with van der Waals surface area (Å²) >= 11 is 3.42. The molecule has 16 heavy (non-hydrogen) atoms. The van der Waals surface area contributed by atoms with Gasteiger partial charge >= 0.3 is 0 Å². The predicted molar refractivity (Wildman–Crippen MR) is 70.6 cm³/mol. The van der Waals surface area contributed by atoms with Crippen molar-refractivity contribution in [3.63, 3.8) is 0 Å². The van der Waals surface area contributed by atoms with Gasteiger partial charge in [-0.25, -0.2) is 0 Å². The molecule has 0 heterocycles. The highest BCUT2D eigenvalue weighted by molar-refractivity contribution is 9.10. The van der Waals surface area contributed by atoms with E-state index in [-0.39, 0.29) is 12.5 Å². The van der Waals surface area contributed by atoms with Gasteiger partial charge < -0.3 is 10.6 Å². The van der Waals surface area contributed by atoms with Crippen LogP contribution in [-0.4, -0.2) is 19.0 Å². The molecule has 1 rings (SSSR count). The van der Waals surface area contributed by atoms with E-state index in [2.05, 4.69) is 33.1 Å². The highest BCUT2D eigenvalue weighted by atomic mass is 79.9. The third-order valence-electron chi connectivity index (χ3n) is 2.12. The number of carbonyl (C=O) groups is 1. The molecule has 4 heteroatoms. The summed E-state index contributed by atoms with van der Waals surface area (Å²) in [5.41, 5.74) is 1.86. The van der Waals surface area contributed by atoms with Gasteiger partial charge in [0.25, 0.3) is 0 Å². The van der Waals surface area contributed by atoms with E-state index in [4.69, 9.17) is 0 Å². The summed E-state index contributed by atoms with van der Waals surface area (Å²) in [4.78, 5) is 11.5. The molecule has 0 atom stereocenters. The topological polar surface area (TPSA) is 41.1 Å². The van der Waals surface area contributed by atoms with Gasteiger partial charge in [-0.05, 0) is 24.6 Å². The predicted octanol–water partition coefficient (Wildman–Crippen LogP) is 2.47. The van der Waals surface area contributed by atoms with Crippen LogP contribution < -0.4 is 10.6 Å². The maximum atomic E-state index is 11.5. The summed E-state index contributed by atoms with van der Waals surface area (Å²) in [6.07, 6.45) is 1.72. The van der Waals surface area contributed by atoms with E-state index in [1.807, 2.05) is 25.1 Å². The third-order valence-corrected chi connectivity index (χ3v) is 2.98. The second-order valence-electron chi connectivity index (χ2n) is 3.38. The van der Waals surface area contributed by atoms with E-state index >= 15 is 0 Å². The Hall–Kier alpha value is -1.13. The lowest BCUT2D eigenvalue weighted by Gasteiger charge is -2.09. The second kappa shape index (κ2) is 6.45. The van der Waals surface area contributed by atoms with Crippen molar-refractivity contribution in [2.75, 3.05) is 18.4 Å². The Morgan fingerprint density at radius 2 is 2.31 bits per heavy atom. The lowest BCUT2D eigenvalue weighted by atomic mass is 10.2. The van der Waals surface area contributed by atoms with Crippen LogP contribution in [0.25, 0.3) is 0 Å². The summed E-state index contributed by atoms with van der Waals surface area (Å²) < 4.78 is 0.990. The summed E-state index contributed by atoms with van der Waals surface area (Å²) in [7, 11) is 0. The molecule has 1 aromatic carbocycles. The fourth-order valence-electron chi connectivity index (χ4n) is 1.23. The first-order valence-electron chi connectivity index (χ1n) is 5.01. The molecule has 0 saturated heterocycles. The zero-order chi connectivity index (χ0) is 12.0. The number of rotatable bonds is 5. The normalized spacial score (nSPS) is 9.88. The highest BCUT2D eigenvalue weighted by Gasteiger charge is 2.05. The van der Waals surface area contributed by atoms with Gasteiger partial charge in [-0.15, -0.1) is 6.58 Å². The fourth-order valence-corrected chi connectivity index (χ4v) is 1.59. The van der Waals surface area contributed by atoms with E-state index in [1.165, 1.54) is 0 Å². The van der Waals surface area contributed by atoms with Crippen LogP contribution in [0.2, 0.25) is 0 Å². The number of amides is 1. The van der Waals surface area contributed by atoms with Gasteiger partial charge in [0.05, 0.1) is 6.54 Å². The Balaban J connectivity index is 2.56. The third kappa shape index (κ3) is 3.79. The summed E-state index contributed by atoms with van der Waals surface area (Å²) in [5, 5.41) is 5.79. The average Bonchev–Trinajstić information content (AvgIpc) is 2.25. The summed E-state index contributed by atoms with van der Waals surface area (Å²) in [6, 6.07) is 5.72. The van der Waals surface area contributed by atoms with Crippen molar-refractivity contribution in [2.45, 2.75) is 6.92 Å². The van der Waals surface area contributed by atoms with Gasteiger partial charge in [0.15, 0.2) is 0 Å². The highest BCUT2D eigenvalue weighted by Crippen LogP contribution is 2.23. The van der Waals surface area contributed by atoms with E-state index < -0.39 is 0 Å². The van der Waals surface area contributed by atoms with E-state index in [0.717, 1.165) is 15.7 Å². The van der Waals surface area contributed by atoms with Crippen molar-refractivity contribution in [1.29, 1.82) is 0 Å². The molecule has 0 aliphatic carbocycles. The van der Waals surface area contributed by atoms with E-state index in [1.54, 1.807) is 6.08 Å². The Morgan fingerprint density at radius 3 is 3.00 bits per heavy atom. The van der Waals surface area contributed by atoms with Crippen molar-refractivity contribution in [3.8, 4) is 0 Å². The van der Waals surface area contributed by atoms with Gasteiger partial charge in [0, 0.05) is 16.7 Å². The van der Waals surface area contributed by atoms with Crippen LogP contribution in [0.4, 0.5) is 5.69 Å². The molecule has 86 valence electrons. The number of hydrogen-bond donors (Lipinski definition) is 2. The van der Waals surface area contributed by atoms with Crippen LogP contribution >= 0.6 is 15.9 Å². The lowest BCUT2D eigenvalue weighted by Crippen LogP contribution is -2.28. The minimum atomic E-state index is -0.0527. The maximum Gasteiger partial charge on any atom is 0.238 e. The monoisotopic (exact) mass is 282 g/mol. The molecule has 0 unspecified atom stereocenters. The molecular formula is C12H15BrN2O. The smallest absolute Gasteiger partial charge is 0.238 e. The first-order chi connectivity index (χ1) is 7.65. The molecule has 2 N–H and O–H groups in total. The van der Waals surface area contributed by atoms with Gasteiger partial charge in [-0.3, -0.25) is 4.79 Å². The molecule has 0 aliphatic rings. The largest absolute Gasteiger partial charge is 0.325 e. The molecular weight excluding hydrogens is 268 g/mol. The lowest BCUT2D eigenvalue weighted by molar-refractivity contribution is -0.115. The van der Waals surface area contributed by atoms with Gasteiger partial charge in [0.1, 0.15) is 0 Å². The number of hydrogen-bond acceptors (Lipinski definition) is 2. The molecule has 0 radical (unpaired) electrons. The SMILES string of the molecule is C=CCNCC(=O)Nc1cccc(Br)c1C. The van der Waals surface area contributed by atoms with Crippen molar-refractivity contribution >= 4 is 27.5 Å². The molecule has 0 aromatic heterocycles. The van der Waals surface area contributed by atoms with Crippen LogP contribution in [0.3, 0.4) is 0 Å². The number of halogens is 1. The van der Waals surface area contributed by atoms with Crippen molar-refractivity contribution in [2.24, 2.45) is 0 Å². The van der Waals surface area contributed by atoms with Crippen molar-refractivity contribution in [1.82, 2.24) is 5.32 Å². The van der Waals surface area contributed by atoms with Crippen LogP contribution in [0, 0.1) is 6.92 Å². The van der Waals surface area contributed by atoms with Crippen LogP contribution in [0.5, 0.6) is 0 Å². The number of carbonyl (C=O) groups excluding carboxylic acids is 1. The first-order valence-corrected chi connectivity index (χ1v) is 5.81. The van der Waals surface area contributed by atoms with Crippen LogP contribution in [-0.2, 0) is 4.79 Å². The van der Waals surface area contributed by atoms with Gasteiger partial charge in [-0.1, -0.05) is 28.1 Å². The van der Waals surface area contributed by atoms with Crippen molar-refractivity contribution in [3.05, 3.63) is 40.9 Å². The maximum absolute atomic E-state index is 11.5. The zero-order valence-electron chi connectivity index (χ0n) is 9.22. The Morgan fingerprint density at radius 1 is 1.56 bits per heavy atom. The Bertz CT molecular complexity index is 391. The quantitative estimate of drug-likeness (QED) is 0.644. The molecule has 0 saturated carbocycles. The zero-order valence-corrected chi connectivity index (χ0v) is 10.8. The first kappa shape index (κ1) is 12.9. The number of benzene rings is 1. The number of anilines is 1. The number of nitrogens with one attached hydrogen (secondary N) is 2. The average molecular weight is 283 g/mol. The van der Waals surface area contributed by atoms with Crippen LogP contribution in [0.15, 0.2) is 35.3 Å². The van der Waals surface area contributed by atoms with Crippen LogP contribution in [0.1, 0.15) is 5.56 Å². The van der Waals surface area contributed by atoms with Crippen molar-refractivity contribution < 1.29 is 4.79 Å². The minimum Gasteiger partial charge on any atom is -0.325 e. The molecule has 0 bridgehead atoms. The fraction of sp³-hybridized carbons (Fsp3) is 0.250. The molecule has 1 aromatic rings. The Kier molecular flexibility index (Phi) is 5.22.